The summed E-state index contributed by atoms with van der Waals surface area (Å²) < 4.78 is 50.3. The van der Waals surface area contributed by atoms with Crippen LogP contribution >= 0.6 is 0 Å². The summed E-state index contributed by atoms with van der Waals surface area (Å²) in [7, 11) is -7.16. The van der Waals surface area contributed by atoms with Gasteiger partial charge in [0, 0.05) is 18.8 Å². The van der Waals surface area contributed by atoms with E-state index in [1.54, 1.807) is 0 Å². The van der Waals surface area contributed by atoms with E-state index in [2.05, 4.69) is 10.0 Å². The number of nitrogens with one attached hydrogen (secondary N) is 2. The molecule has 0 amide bonds. The molecule has 2 rings (SSSR count). The zero-order chi connectivity index (χ0) is 15.0. The summed E-state index contributed by atoms with van der Waals surface area (Å²) in [5, 5.41) is 2.94. The van der Waals surface area contributed by atoms with Crippen LogP contribution in [0.5, 0.6) is 0 Å². The van der Waals surface area contributed by atoms with Crippen molar-refractivity contribution in [2.24, 2.45) is 0 Å². The molecular formula is C12H18N2O4S2. The molecule has 0 aromatic heterocycles. The second-order valence-electron chi connectivity index (χ2n) is 4.86. The van der Waals surface area contributed by atoms with Gasteiger partial charge < -0.3 is 5.32 Å². The standard InChI is InChI=1S/C12H18N2O4S2/c1-3-13-11-7-6-10(19(2,15)16)8-12(11)20(17,18)14-9-4-5-9/h6-9,13-14H,3-5H2,1-2H3. The maximum atomic E-state index is 12.3. The van der Waals surface area contributed by atoms with Gasteiger partial charge in [0.15, 0.2) is 9.84 Å². The van der Waals surface area contributed by atoms with Crippen LogP contribution in [-0.2, 0) is 19.9 Å². The van der Waals surface area contributed by atoms with Crippen molar-refractivity contribution in [1.29, 1.82) is 0 Å². The first kappa shape index (κ1) is 15.3. The van der Waals surface area contributed by atoms with E-state index in [9.17, 15) is 16.8 Å². The number of sulfonamides is 1. The SMILES string of the molecule is CCNc1ccc(S(C)(=O)=O)cc1S(=O)(=O)NC1CC1. The smallest absolute Gasteiger partial charge is 0.242 e. The molecule has 0 spiro atoms. The monoisotopic (exact) mass is 318 g/mol. The number of rotatable bonds is 6. The van der Waals surface area contributed by atoms with Crippen LogP contribution in [0.2, 0.25) is 0 Å². The van der Waals surface area contributed by atoms with Gasteiger partial charge in [0.2, 0.25) is 10.0 Å². The summed E-state index contributed by atoms with van der Waals surface area (Å²) in [6.45, 7) is 2.39. The fourth-order valence-electron chi connectivity index (χ4n) is 1.78. The van der Waals surface area contributed by atoms with Gasteiger partial charge >= 0.3 is 0 Å². The van der Waals surface area contributed by atoms with Gasteiger partial charge in [-0.15, -0.1) is 0 Å². The average Bonchev–Trinajstić information content (AvgIpc) is 3.11. The number of hydrogen-bond acceptors (Lipinski definition) is 5. The molecule has 1 saturated carbocycles. The third kappa shape index (κ3) is 3.50. The van der Waals surface area contributed by atoms with E-state index in [-0.39, 0.29) is 15.8 Å². The molecule has 0 heterocycles. The first-order valence-electron chi connectivity index (χ1n) is 6.34. The molecule has 0 aliphatic heterocycles. The average molecular weight is 318 g/mol. The van der Waals surface area contributed by atoms with Crippen molar-refractivity contribution in [3.8, 4) is 0 Å². The number of sulfone groups is 1. The first-order chi connectivity index (χ1) is 9.24. The number of anilines is 1. The molecule has 0 atom stereocenters. The van der Waals surface area contributed by atoms with Crippen molar-refractivity contribution in [1.82, 2.24) is 4.72 Å². The number of hydrogen-bond donors (Lipinski definition) is 2. The van der Waals surface area contributed by atoms with Crippen LogP contribution in [0.4, 0.5) is 5.69 Å². The van der Waals surface area contributed by atoms with Crippen LogP contribution in [0.15, 0.2) is 28.0 Å². The lowest BCUT2D eigenvalue weighted by molar-refractivity contribution is 0.581. The topological polar surface area (TPSA) is 92.3 Å². The molecule has 0 radical (unpaired) electrons. The molecule has 0 unspecified atom stereocenters. The fraction of sp³-hybridized carbons (Fsp3) is 0.500. The highest BCUT2D eigenvalue weighted by molar-refractivity contribution is 7.91. The van der Waals surface area contributed by atoms with E-state index < -0.39 is 19.9 Å². The molecule has 1 fully saturated rings. The van der Waals surface area contributed by atoms with Gasteiger partial charge in [0.05, 0.1) is 10.6 Å². The van der Waals surface area contributed by atoms with Gasteiger partial charge in [-0.05, 0) is 38.0 Å². The van der Waals surface area contributed by atoms with Crippen molar-refractivity contribution >= 4 is 25.5 Å². The summed E-state index contributed by atoms with van der Waals surface area (Å²) in [4.78, 5) is -0.0236. The largest absolute Gasteiger partial charge is 0.384 e. The van der Waals surface area contributed by atoms with Gasteiger partial charge in [-0.3, -0.25) is 0 Å². The van der Waals surface area contributed by atoms with Crippen LogP contribution in [-0.4, -0.2) is 35.7 Å². The van der Waals surface area contributed by atoms with Gasteiger partial charge in [-0.25, -0.2) is 21.6 Å². The Morgan fingerprint density at radius 3 is 2.35 bits per heavy atom. The Bertz CT molecular complexity index is 707. The van der Waals surface area contributed by atoms with Crippen molar-refractivity contribution < 1.29 is 16.8 Å². The van der Waals surface area contributed by atoms with Crippen LogP contribution < -0.4 is 10.0 Å². The predicted octanol–water partition coefficient (Wildman–Crippen LogP) is 0.963. The minimum atomic E-state index is -3.71. The Hall–Kier alpha value is -1.12. The summed E-state index contributed by atoms with van der Waals surface area (Å²) in [6.07, 6.45) is 2.70. The molecule has 8 heteroatoms. The molecule has 0 bridgehead atoms. The quantitative estimate of drug-likeness (QED) is 0.815. The van der Waals surface area contributed by atoms with Crippen LogP contribution in [0, 0.1) is 0 Å². The molecule has 1 aromatic carbocycles. The van der Waals surface area contributed by atoms with E-state index in [1.165, 1.54) is 18.2 Å². The lowest BCUT2D eigenvalue weighted by Crippen LogP contribution is -2.26. The van der Waals surface area contributed by atoms with Crippen LogP contribution in [0.1, 0.15) is 19.8 Å². The van der Waals surface area contributed by atoms with Gasteiger partial charge in [-0.1, -0.05) is 0 Å². The normalized spacial score (nSPS) is 16.1. The summed E-state index contributed by atoms with van der Waals surface area (Å²) >= 11 is 0. The molecule has 1 aromatic rings. The lowest BCUT2D eigenvalue weighted by Gasteiger charge is -2.13. The fourth-order valence-corrected chi connectivity index (χ4v) is 4.01. The van der Waals surface area contributed by atoms with E-state index in [4.69, 9.17) is 0 Å². The maximum absolute atomic E-state index is 12.3. The Balaban J connectivity index is 2.51. The summed E-state index contributed by atoms with van der Waals surface area (Å²) in [5.41, 5.74) is 0.410. The van der Waals surface area contributed by atoms with Crippen molar-refractivity contribution in [2.75, 3.05) is 18.1 Å². The zero-order valence-electron chi connectivity index (χ0n) is 11.4. The van der Waals surface area contributed by atoms with Crippen LogP contribution in [0.3, 0.4) is 0 Å². The molecule has 0 saturated heterocycles. The maximum Gasteiger partial charge on any atom is 0.242 e. The third-order valence-electron chi connectivity index (χ3n) is 2.94. The van der Waals surface area contributed by atoms with E-state index >= 15 is 0 Å². The molecule has 1 aliphatic carbocycles. The molecule has 6 nitrogen and oxygen atoms in total. The Morgan fingerprint density at radius 2 is 1.85 bits per heavy atom. The Morgan fingerprint density at radius 1 is 1.20 bits per heavy atom. The third-order valence-corrected chi connectivity index (χ3v) is 5.61. The van der Waals surface area contributed by atoms with Crippen molar-refractivity contribution in [2.45, 2.75) is 35.6 Å². The van der Waals surface area contributed by atoms with Crippen LogP contribution in [0.25, 0.3) is 0 Å². The van der Waals surface area contributed by atoms with E-state index in [1.807, 2.05) is 6.92 Å². The van der Waals surface area contributed by atoms with Crippen molar-refractivity contribution in [3.05, 3.63) is 18.2 Å². The Kier molecular flexibility index (Phi) is 4.08. The minimum Gasteiger partial charge on any atom is -0.384 e. The minimum absolute atomic E-state index is 0.00433. The highest BCUT2D eigenvalue weighted by Crippen LogP contribution is 2.28. The van der Waals surface area contributed by atoms with E-state index in [0.29, 0.717) is 12.2 Å². The lowest BCUT2D eigenvalue weighted by atomic mass is 10.3. The van der Waals surface area contributed by atoms with Gasteiger partial charge in [0.1, 0.15) is 4.90 Å². The second kappa shape index (κ2) is 5.34. The first-order valence-corrected chi connectivity index (χ1v) is 9.72. The number of benzene rings is 1. The summed E-state index contributed by atoms with van der Waals surface area (Å²) in [5.74, 6) is 0. The predicted molar refractivity (Wildman–Crippen MR) is 77.1 cm³/mol. The van der Waals surface area contributed by atoms with Crippen molar-refractivity contribution in [3.63, 3.8) is 0 Å². The Labute approximate surface area is 119 Å². The molecule has 112 valence electrons. The highest BCUT2D eigenvalue weighted by atomic mass is 32.2. The van der Waals surface area contributed by atoms with E-state index in [0.717, 1.165) is 19.1 Å². The van der Waals surface area contributed by atoms with Gasteiger partial charge in [0.25, 0.3) is 0 Å². The molecular weight excluding hydrogens is 300 g/mol. The highest BCUT2D eigenvalue weighted by Gasteiger charge is 2.30. The zero-order valence-corrected chi connectivity index (χ0v) is 13.0. The molecule has 20 heavy (non-hydrogen) atoms. The summed E-state index contributed by atoms with van der Waals surface area (Å²) in [6, 6.07) is 4.07. The van der Waals surface area contributed by atoms with Gasteiger partial charge in [-0.2, -0.15) is 0 Å². The second-order valence-corrected chi connectivity index (χ2v) is 8.55. The molecule has 2 N–H and O–H groups in total. The molecule has 1 aliphatic rings.